The third-order valence-corrected chi connectivity index (χ3v) is 3.10. The summed E-state index contributed by atoms with van der Waals surface area (Å²) in [5.41, 5.74) is 3.90. The van der Waals surface area contributed by atoms with Crippen LogP contribution in [0.1, 0.15) is 44.7 Å². The molecule has 2 rings (SSSR count). The number of hydrogen-bond donors (Lipinski definition) is 1. The van der Waals surface area contributed by atoms with Crippen molar-refractivity contribution in [3.63, 3.8) is 0 Å². The van der Waals surface area contributed by atoms with Crippen LogP contribution in [0.15, 0.2) is 61.9 Å². The van der Waals surface area contributed by atoms with Gasteiger partial charge in [0.05, 0.1) is 0 Å². The maximum absolute atomic E-state index is 4.00. The zero-order valence-electron chi connectivity index (χ0n) is 17.8. The van der Waals surface area contributed by atoms with Crippen LogP contribution in [-0.4, -0.2) is 26.1 Å². The molecule has 0 aliphatic heterocycles. The van der Waals surface area contributed by atoms with E-state index in [9.17, 15) is 0 Å². The van der Waals surface area contributed by atoms with Crippen molar-refractivity contribution in [2.45, 2.75) is 46.6 Å². The van der Waals surface area contributed by atoms with Gasteiger partial charge in [0.15, 0.2) is 0 Å². The molecule has 0 atom stereocenters. The predicted molar refractivity (Wildman–Crippen MR) is 119 cm³/mol. The van der Waals surface area contributed by atoms with Gasteiger partial charge in [0, 0.05) is 38.7 Å². The van der Waals surface area contributed by atoms with E-state index in [-0.39, 0.29) is 0 Å². The van der Waals surface area contributed by atoms with Crippen LogP contribution in [0.2, 0.25) is 0 Å². The minimum Gasteiger partial charge on any atom is -0.378 e. The Kier molecular flexibility index (Phi) is 19.3. The van der Waals surface area contributed by atoms with Gasteiger partial charge >= 0.3 is 0 Å². The number of anilines is 1. The summed E-state index contributed by atoms with van der Waals surface area (Å²) >= 11 is 0. The molecule has 0 radical (unpaired) electrons. The summed E-state index contributed by atoms with van der Waals surface area (Å²) in [5.74, 6) is 0. The van der Waals surface area contributed by atoms with Gasteiger partial charge in [0.25, 0.3) is 0 Å². The molecule has 0 saturated carbocycles. The van der Waals surface area contributed by atoms with Gasteiger partial charge in [-0.1, -0.05) is 51.8 Å². The monoisotopic (exact) mass is 357 g/mol. The van der Waals surface area contributed by atoms with E-state index in [1.54, 1.807) is 6.20 Å². The third kappa shape index (κ3) is 14.2. The van der Waals surface area contributed by atoms with Gasteiger partial charge in [-0.25, -0.2) is 0 Å². The quantitative estimate of drug-likeness (QED) is 0.693. The van der Waals surface area contributed by atoms with Gasteiger partial charge in [-0.15, -0.1) is 13.2 Å². The molecular formula is C23H39N3. The molecule has 0 saturated heterocycles. The SMILES string of the molecule is C=C.CCC.CCCc1cccnc1.CNCc1ccc(N(C)C)cc1. The van der Waals surface area contributed by atoms with Crippen molar-refractivity contribution >= 4 is 5.69 Å². The van der Waals surface area contributed by atoms with Crippen LogP contribution in [-0.2, 0) is 13.0 Å². The standard InChI is InChI=1S/C10H16N2.C8H11N.C3H8.C2H4/c1-11-8-9-4-6-10(7-5-9)12(2)3;1-2-4-8-5-3-6-9-7-8;1-3-2;1-2/h4-7,11H,8H2,1-3H3;3,5-7H,2,4H2,1H3;3H2,1-2H3;1-2H2. The Morgan fingerprint density at radius 1 is 0.962 bits per heavy atom. The van der Waals surface area contributed by atoms with Crippen LogP contribution in [0.4, 0.5) is 5.69 Å². The number of nitrogens with one attached hydrogen (secondary N) is 1. The lowest BCUT2D eigenvalue weighted by molar-refractivity contribution is 0.818. The molecule has 0 aliphatic rings. The minimum atomic E-state index is 0.938. The highest BCUT2D eigenvalue weighted by Gasteiger charge is 1.94. The fourth-order valence-electron chi connectivity index (χ4n) is 1.95. The molecule has 26 heavy (non-hydrogen) atoms. The fourth-order valence-corrected chi connectivity index (χ4v) is 1.95. The van der Waals surface area contributed by atoms with Gasteiger partial charge in [-0.2, -0.15) is 0 Å². The molecule has 0 bridgehead atoms. The molecular weight excluding hydrogens is 318 g/mol. The number of nitrogens with zero attached hydrogens (tertiary/aromatic N) is 2. The Balaban J connectivity index is 0. The first kappa shape index (κ1) is 26.1. The van der Waals surface area contributed by atoms with Crippen molar-refractivity contribution in [3.8, 4) is 0 Å². The second-order valence-electron chi connectivity index (χ2n) is 5.91. The molecule has 1 heterocycles. The molecule has 1 N–H and O–H groups in total. The van der Waals surface area contributed by atoms with E-state index in [1.807, 2.05) is 33.4 Å². The average molecular weight is 358 g/mol. The molecule has 0 spiro atoms. The lowest BCUT2D eigenvalue weighted by Gasteiger charge is -2.12. The molecule has 3 nitrogen and oxygen atoms in total. The van der Waals surface area contributed by atoms with Crippen molar-refractivity contribution < 1.29 is 0 Å². The molecule has 0 unspecified atom stereocenters. The average Bonchev–Trinajstić information content (AvgIpc) is 2.66. The second-order valence-corrected chi connectivity index (χ2v) is 5.91. The van der Waals surface area contributed by atoms with E-state index in [0.29, 0.717) is 0 Å². The lowest BCUT2D eigenvalue weighted by atomic mass is 10.2. The zero-order valence-corrected chi connectivity index (χ0v) is 17.8. The largest absolute Gasteiger partial charge is 0.378 e. The van der Waals surface area contributed by atoms with Crippen LogP contribution in [0.25, 0.3) is 0 Å². The summed E-state index contributed by atoms with van der Waals surface area (Å²) in [6.07, 6.45) is 7.32. The molecule has 146 valence electrons. The van der Waals surface area contributed by atoms with Gasteiger partial charge in [0.2, 0.25) is 0 Å². The van der Waals surface area contributed by atoms with E-state index in [1.165, 1.54) is 29.7 Å². The molecule has 0 fully saturated rings. The van der Waals surface area contributed by atoms with Gasteiger partial charge in [-0.05, 0) is 42.8 Å². The Morgan fingerprint density at radius 3 is 1.92 bits per heavy atom. The number of hydrogen-bond acceptors (Lipinski definition) is 3. The highest BCUT2D eigenvalue weighted by atomic mass is 15.1. The number of benzene rings is 1. The summed E-state index contributed by atoms with van der Waals surface area (Å²) < 4.78 is 0. The Hall–Kier alpha value is -2.13. The number of pyridine rings is 1. The van der Waals surface area contributed by atoms with Gasteiger partial charge < -0.3 is 10.2 Å². The van der Waals surface area contributed by atoms with Crippen LogP contribution >= 0.6 is 0 Å². The molecule has 2 aromatic rings. The van der Waals surface area contributed by atoms with E-state index >= 15 is 0 Å². The molecule has 0 amide bonds. The van der Waals surface area contributed by atoms with E-state index in [0.717, 1.165) is 13.0 Å². The number of aromatic nitrogens is 1. The van der Waals surface area contributed by atoms with Crippen LogP contribution in [0.5, 0.6) is 0 Å². The summed E-state index contributed by atoms with van der Waals surface area (Å²) in [6.45, 7) is 13.4. The zero-order chi connectivity index (χ0) is 20.2. The summed E-state index contributed by atoms with van der Waals surface area (Å²) in [6, 6.07) is 12.6. The van der Waals surface area contributed by atoms with Crippen LogP contribution < -0.4 is 10.2 Å². The van der Waals surface area contributed by atoms with Crippen molar-refractivity contribution in [2.24, 2.45) is 0 Å². The Bertz CT molecular complexity index is 507. The minimum absolute atomic E-state index is 0.938. The normalized spacial score (nSPS) is 8.69. The molecule has 1 aromatic heterocycles. The second kappa shape index (κ2) is 19.2. The van der Waals surface area contributed by atoms with Crippen LogP contribution in [0.3, 0.4) is 0 Å². The fraction of sp³-hybridized carbons (Fsp3) is 0.435. The van der Waals surface area contributed by atoms with Gasteiger partial charge in [0.1, 0.15) is 0 Å². The third-order valence-electron chi connectivity index (χ3n) is 3.10. The van der Waals surface area contributed by atoms with Crippen molar-refractivity contribution in [2.75, 3.05) is 26.0 Å². The number of aryl methyl sites for hydroxylation is 1. The maximum atomic E-state index is 4.00. The lowest BCUT2D eigenvalue weighted by Crippen LogP contribution is -2.09. The first-order chi connectivity index (χ1) is 12.6. The molecule has 1 aromatic carbocycles. The molecule has 3 heteroatoms. The number of rotatable bonds is 5. The smallest absolute Gasteiger partial charge is 0.0361 e. The van der Waals surface area contributed by atoms with Crippen molar-refractivity contribution in [1.82, 2.24) is 10.3 Å². The summed E-state index contributed by atoms with van der Waals surface area (Å²) in [4.78, 5) is 6.10. The molecule has 0 aliphatic carbocycles. The van der Waals surface area contributed by atoms with Crippen molar-refractivity contribution in [3.05, 3.63) is 73.1 Å². The van der Waals surface area contributed by atoms with E-state index < -0.39 is 0 Å². The predicted octanol–water partition coefficient (Wildman–Crippen LogP) is 5.72. The van der Waals surface area contributed by atoms with Crippen LogP contribution in [0, 0.1) is 0 Å². The van der Waals surface area contributed by atoms with Gasteiger partial charge in [-0.3, -0.25) is 4.98 Å². The Labute approximate surface area is 162 Å². The highest BCUT2D eigenvalue weighted by molar-refractivity contribution is 5.45. The summed E-state index contributed by atoms with van der Waals surface area (Å²) in [5, 5.41) is 3.12. The van der Waals surface area contributed by atoms with Crippen molar-refractivity contribution in [1.29, 1.82) is 0 Å². The maximum Gasteiger partial charge on any atom is 0.0361 e. The van der Waals surface area contributed by atoms with E-state index in [2.05, 4.69) is 79.5 Å². The van der Waals surface area contributed by atoms with E-state index in [4.69, 9.17) is 0 Å². The first-order valence-electron chi connectivity index (χ1n) is 9.38. The highest BCUT2D eigenvalue weighted by Crippen LogP contribution is 2.11. The topological polar surface area (TPSA) is 28.2 Å². The Morgan fingerprint density at radius 2 is 1.54 bits per heavy atom. The first-order valence-corrected chi connectivity index (χ1v) is 9.38. The summed E-state index contributed by atoms with van der Waals surface area (Å²) in [7, 11) is 6.06.